The number of benzene rings is 1. The molecular weight excluding hydrogens is 324 g/mol. The van der Waals surface area contributed by atoms with Gasteiger partial charge in [-0.15, -0.1) is 0 Å². The smallest absolute Gasteiger partial charge is 0.253 e. The zero-order chi connectivity index (χ0) is 17.9. The number of carbonyl (C=O) groups excluding carboxylic acids is 1. The average molecular weight is 340 g/mol. The summed E-state index contributed by atoms with van der Waals surface area (Å²) >= 11 is 0. The SMILES string of the molecule is N#Cc1ccccc1/C=C/c1cc(-c2cc3c([nH]2)CCNC3=O)ccn1. The minimum absolute atomic E-state index is 0.0314. The molecule has 0 radical (unpaired) electrons. The van der Waals surface area contributed by atoms with E-state index in [1.54, 1.807) is 12.3 Å². The van der Waals surface area contributed by atoms with Crippen molar-refractivity contribution in [3.63, 3.8) is 0 Å². The highest BCUT2D eigenvalue weighted by Crippen LogP contribution is 2.24. The van der Waals surface area contributed by atoms with Crippen LogP contribution in [-0.4, -0.2) is 22.4 Å². The van der Waals surface area contributed by atoms with E-state index in [0.717, 1.165) is 34.6 Å². The maximum Gasteiger partial charge on any atom is 0.253 e. The van der Waals surface area contributed by atoms with Crippen molar-refractivity contribution in [1.82, 2.24) is 15.3 Å². The molecule has 0 unspecified atom stereocenters. The van der Waals surface area contributed by atoms with Crippen LogP contribution in [0.25, 0.3) is 23.4 Å². The number of H-pyrrole nitrogens is 1. The highest BCUT2D eigenvalue weighted by atomic mass is 16.1. The second-order valence-electron chi connectivity index (χ2n) is 6.08. The summed E-state index contributed by atoms with van der Waals surface area (Å²) in [5.74, 6) is -0.0314. The number of rotatable bonds is 3. The van der Waals surface area contributed by atoms with Crippen molar-refractivity contribution < 1.29 is 4.79 Å². The van der Waals surface area contributed by atoms with Gasteiger partial charge in [0, 0.05) is 36.1 Å². The van der Waals surface area contributed by atoms with E-state index in [0.29, 0.717) is 17.7 Å². The van der Waals surface area contributed by atoms with Gasteiger partial charge in [0.05, 0.1) is 22.9 Å². The Labute approximate surface area is 151 Å². The van der Waals surface area contributed by atoms with Crippen LogP contribution in [0.2, 0.25) is 0 Å². The first kappa shape index (κ1) is 15.9. The fourth-order valence-electron chi connectivity index (χ4n) is 3.08. The van der Waals surface area contributed by atoms with Gasteiger partial charge in [-0.2, -0.15) is 5.26 Å². The quantitative estimate of drug-likeness (QED) is 0.766. The molecule has 5 nitrogen and oxygen atoms in total. The second-order valence-corrected chi connectivity index (χ2v) is 6.08. The van der Waals surface area contributed by atoms with Crippen molar-refractivity contribution in [3.05, 3.63) is 76.7 Å². The van der Waals surface area contributed by atoms with Crippen LogP contribution in [-0.2, 0) is 6.42 Å². The summed E-state index contributed by atoms with van der Waals surface area (Å²) in [5.41, 5.74) is 5.82. The minimum Gasteiger partial charge on any atom is -0.358 e. The number of aromatic nitrogens is 2. The number of amides is 1. The normalized spacial score (nSPS) is 13.3. The lowest BCUT2D eigenvalue weighted by Crippen LogP contribution is -2.31. The van der Waals surface area contributed by atoms with Gasteiger partial charge >= 0.3 is 0 Å². The van der Waals surface area contributed by atoms with Crippen LogP contribution in [0.4, 0.5) is 0 Å². The Bertz CT molecular complexity index is 1060. The number of nitrogens with one attached hydrogen (secondary N) is 2. The van der Waals surface area contributed by atoms with E-state index in [9.17, 15) is 10.1 Å². The Morgan fingerprint density at radius 1 is 1.15 bits per heavy atom. The molecule has 2 N–H and O–H groups in total. The highest BCUT2D eigenvalue weighted by Gasteiger charge is 2.19. The van der Waals surface area contributed by atoms with E-state index in [1.807, 2.05) is 48.6 Å². The molecule has 0 bridgehead atoms. The van der Waals surface area contributed by atoms with Gasteiger partial charge in [0.15, 0.2) is 0 Å². The molecule has 1 aromatic carbocycles. The Hall–Kier alpha value is -3.65. The topological polar surface area (TPSA) is 81.6 Å². The van der Waals surface area contributed by atoms with Crippen LogP contribution in [0.3, 0.4) is 0 Å². The van der Waals surface area contributed by atoms with E-state index in [-0.39, 0.29) is 5.91 Å². The summed E-state index contributed by atoms with van der Waals surface area (Å²) in [7, 11) is 0. The molecule has 5 heteroatoms. The third-order valence-corrected chi connectivity index (χ3v) is 4.41. The van der Waals surface area contributed by atoms with Crippen LogP contribution in [0.5, 0.6) is 0 Å². The molecule has 126 valence electrons. The van der Waals surface area contributed by atoms with E-state index in [1.165, 1.54) is 0 Å². The lowest BCUT2D eigenvalue weighted by molar-refractivity contribution is 0.0946. The maximum absolute atomic E-state index is 11.9. The molecule has 0 spiro atoms. The van der Waals surface area contributed by atoms with Gasteiger partial charge in [-0.1, -0.05) is 24.3 Å². The Morgan fingerprint density at radius 3 is 2.88 bits per heavy atom. The van der Waals surface area contributed by atoms with Crippen LogP contribution in [0.15, 0.2) is 48.7 Å². The second kappa shape index (κ2) is 6.69. The monoisotopic (exact) mass is 340 g/mol. The van der Waals surface area contributed by atoms with E-state index >= 15 is 0 Å². The molecule has 0 saturated carbocycles. The van der Waals surface area contributed by atoms with Gasteiger partial charge in [-0.3, -0.25) is 9.78 Å². The molecule has 0 aliphatic carbocycles. The number of nitriles is 1. The van der Waals surface area contributed by atoms with Crippen LogP contribution >= 0.6 is 0 Å². The molecule has 0 saturated heterocycles. The maximum atomic E-state index is 11.9. The van der Waals surface area contributed by atoms with Crippen molar-refractivity contribution in [1.29, 1.82) is 5.26 Å². The largest absolute Gasteiger partial charge is 0.358 e. The summed E-state index contributed by atoms with van der Waals surface area (Å²) in [4.78, 5) is 19.6. The molecule has 1 amide bonds. The van der Waals surface area contributed by atoms with Crippen LogP contribution in [0, 0.1) is 11.3 Å². The summed E-state index contributed by atoms with van der Waals surface area (Å²) in [6.07, 6.45) is 6.32. The fraction of sp³-hybridized carbons (Fsp3) is 0.0952. The van der Waals surface area contributed by atoms with Gasteiger partial charge in [-0.05, 0) is 35.9 Å². The van der Waals surface area contributed by atoms with Crippen molar-refractivity contribution in [2.75, 3.05) is 6.54 Å². The molecule has 0 atom stereocenters. The number of hydrogen-bond acceptors (Lipinski definition) is 3. The first-order valence-electron chi connectivity index (χ1n) is 8.38. The van der Waals surface area contributed by atoms with Crippen LogP contribution < -0.4 is 5.32 Å². The number of carbonyl (C=O) groups is 1. The van der Waals surface area contributed by atoms with Gasteiger partial charge < -0.3 is 10.3 Å². The lowest BCUT2D eigenvalue weighted by Gasteiger charge is -2.10. The van der Waals surface area contributed by atoms with Gasteiger partial charge in [0.1, 0.15) is 0 Å². The number of fused-ring (bicyclic) bond motifs is 1. The van der Waals surface area contributed by atoms with Crippen molar-refractivity contribution in [2.45, 2.75) is 6.42 Å². The Kier molecular flexibility index (Phi) is 4.08. The predicted molar refractivity (Wildman–Crippen MR) is 100 cm³/mol. The van der Waals surface area contributed by atoms with E-state index in [4.69, 9.17) is 0 Å². The zero-order valence-corrected chi connectivity index (χ0v) is 14.0. The molecule has 0 fully saturated rings. The molecular formula is C21H16N4O. The number of pyridine rings is 1. The molecule has 3 heterocycles. The Balaban J connectivity index is 1.64. The van der Waals surface area contributed by atoms with Gasteiger partial charge in [-0.25, -0.2) is 0 Å². The predicted octanol–water partition coefficient (Wildman–Crippen LogP) is 3.40. The number of aromatic amines is 1. The summed E-state index contributed by atoms with van der Waals surface area (Å²) < 4.78 is 0. The highest BCUT2D eigenvalue weighted by molar-refractivity contribution is 5.97. The van der Waals surface area contributed by atoms with Gasteiger partial charge in [0.2, 0.25) is 0 Å². The van der Waals surface area contributed by atoms with Gasteiger partial charge in [0.25, 0.3) is 5.91 Å². The van der Waals surface area contributed by atoms with Crippen LogP contribution in [0.1, 0.15) is 32.9 Å². The number of hydrogen-bond donors (Lipinski definition) is 2. The molecule has 2 aromatic heterocycles. The summed E-state index contributed by atoms with van der Waals surface area (Å²) in [6, 6.07) is 15.4. The third kappa shape index (κ3) is 3.01. The number of nitrogens with zero attached hydrogens (tertiary/aromatic N) is 2. The fourth-order valence-corrected chi connectivity index (χ4v) is 3.08. The third-order valence-electron chi connectivity index (χ3n) is 4.41. The van der Waals surface area contributed by atoms with Crippen molar-refractivity contribution in [3.8, 4) is 17.3 Å². The molecule has 26 heavy (non-hydrogen) atoms. The standard InChI is InChI=1S/C21H16N4O/c22-13-16-4-2-1-3-14(16)5-6-17-11-15(7-9-23-17)20-12-18-19(25-20)8-10-24-21(18)26/h1-7,9,11-12,25H,8,10H2,(H,24,26)/b6-5+. The first-order valence-corrected chi connectivity index (χ1v) is 8.38. The van der Waals surface area contributed by atoms with Crippen molar-refractivity contribution >= 4 is 18.1 Å². The Morgan fingerprint density at radius 2 is 2.04 bits per heavy atom. The van der Waals surface area contributed by atoms with Crippen molar-refractivity contribution in [2.24, 2.45) is 0 Å². The molecule has 4 rings (SSSR count). The van der Waals surface area contributed by atoms with E-state index < -0.39 is 0 Å². The lowest BCUT2D eigenvalue weighted by atomic mass is 10.1. The summed E-state index contributed by atoms with van der Waals surface area (Å²) in [5, 5.41) is 12.0. The molecule has 3 aromatic rings. The van der Waals surface area contributed by atoms with E-state index in [2.05, 4.69) is 21.4 Å². The molecule has 1 aliphatic heterocycles. The first-order chi connectivity index (χ1) is 12.7. The molecule has 1 aliphatic rings. The zero-order valence-electron chi connectivity index (χ0n) is 14.0. The summed E-state index contributed by atoms with van der Waals surface area (Å²) in [6.45, 7) is 0.661. The average Bonchev–Trinajstić information content (AvgIpc) is 3.13. The minimum atomic E-state index is -0.0314.